The number of aliphatic hydroxyl groups excluding tert-OH is 1. The highest BCUT2D eigenvalue weighted by Crippen LogP contribution is 2.51. The summed E-state index contributed by atoms with van der Waals surface area (Å²) in [5.74, 6) is 0. The monoisotopic (exact) mass is 508 g/mol. The number of phosphoric ester groups is 1. The molecule has 0 bridgehead atoms. The Kier molecular flexibility index (Phi) is 21.2. The minimum atomic E-state index is -3.68. The number of rotatable bonds is 25. The van der Waals surface area contributed by atoms with Gasteiger partial charge in [-0.3, -0.25) is 13.6 Å². The summed E-state index contributed by atoms with van der Waals surface area (Å²) in [4.78, 5) is 0. The van der Waals surface area contributed by atoms with E-state index in [-0.39, 0.29) is 0 Å². The zero-order valence-corrected chi connectivity index (χ0v) is 24.5. The van der Waals surface area contributed by atoms with Crippen LogP contribution in [0.25, 0.3) is 0 Å². The topological polar surface area (TPSA) is 65.0 Å². The highest BCUT2D eigenvalue weighted by Gasteiger charge is 2.32. The van der Waals surface area contributed by atoms with Crippen molar-refractivity contribution in [3.8, 4) is 0 Å². The summed E-state index contributed by atoms with van der Waals surface area (Å²) in [6.07, 6.45) is 17.7. The molecule has 0 aliphatic carbocycles. The van der Waals surface area contributed by atoms with Gasteiger partial charge in [0.2, 0.25) is 0 Å². The molecule has 0 heterocycles. The molecule has 34 heavy (non-hydrogen) atoms. The fourth-order valence-electron chi connectivity index (χ4n) is 3.93. The maximum Gasteiger partial charge on any atom is 0.475 e. The molecular formula is C27H59NO5P+. The van der Waals surface area contributed by atoms with Crippen molar-refractivity contribution in [2.24, 2.45) is 0 Å². The summed E-state index contributed by atoms with van der Waals surface area (Å²) in [6.45, 7) is 7.46. The van der Waals surface area contributed by atoms with Gasteiger partial charge in [-0.1, -0.05) is 97.3 Å². The third-order valence-corrected chi connectivity index (χ3v) is 7.60. The maximum absolute atomic E-state index is 13.2. The summed E-state index contributed by atoms with van der Waals surface area (Å²) in [5, 5.41) is 10.2. The Hall–Kier alpha value is 0.0300. The van der Waals surface area contributed by atoms with Crippen LogP contribution in [0.15, 0.2) is 0 Å². The number of hydrogen-bond donors (Lipinski definition) is 1. The molecule has 0 rings (SSSR count). The number of quaternary nitrogens is 1. The second-order valence-electron chi connectivity index (χ2n) is 10.9. The lowest BCUT2D eigenvalue weighted by atomic mass is 10.0. The molecule has 0 spiro atoms. The quantitative estimate of drug-likeness (QED) is 0.0772. The van der Waals surface area contributed by atoms with Crippen LogP contribution in [0.2, 0.25) is 0 Å². The fraction of sp³-hybridized carbons (Fsp3) is 1.00. The van der Waals surface area contributed by atoms with Crippen molar-refractivity contribution < 1.29 is 27.7 Å². The van der Waals surface area contributed by atoms with Crippen LogP contribution < -0.4 is 0 Å². The van der Waals surface area contributed by atoms with E-state index in [2.05, 4.69) is 28.1 Å². The Bertz CT molecular complexity index is 496. The van der Waals surface area contributed by atoms with Gasteiger partial charge in [0, 0.05) is 6.42 Å². The molecule has 0 aromatic carbocycles. The average molecular weight is 509 g/mol. The van der Waals surface area contributed by atoms with Crippen molar-refractivity contribution in [3.05, 3.63) is 0 Å². The molecule has 1 N–H and O–H groups in total. The van der Waals surface area contributed by atoms with Crippen LogP contribution in [0.1, 0.15) is 124 Å². The van der Waals surface area contributed by atoms with Gasteiger partial charge in [0.15, 0.2) is 0 Å². The lowest BCUT2D eigenvalue weighted by Gasteiger charge is -2.27. The Labute approximate surface area is 212 Å². The van der Waals surface area contributed by atoms with Gasteiger partial charge >= 0.3 is 7.82 Å². The standard InChI is InChI=1S/C27H59NO5P/c1-7-9-10-11-12-13-14-15-16-17-18-19-20-22-27(26(3)29)33-34(30,31-24-8-2)32-25-21-23-28(4,5)6/h26-27,29H,7-25H2,1-6H3/q+1. The minimum absolute atomic E-state index is 0.317. The highest BCUT2D eigenvalue weighted by molar-refractivity contribution is 7.48. The van der Waals surface area contributed by atoms with E-state index in [1.54, 1.807) is 6.92 Å². The van der Waals surface area contributed by atoms with E-state index in [1.165, 1.54) is 70.6 Å². The summed E-state index contributed by atoms with van der Waals surface area (Å²) < 4.78 is 30.9. The van der Waals surface area contributed by atoms with E-state index in [9.17, 15) is 9.67 Å². The molecule has 0 amide bonds. The molecule has 0 aliphatic rings. The first-order valence-electron chi connectivity index (χ1n) is 14.2. The molecule has 3 unspecified atom stereocenters. The zero-order chi connectivity index (χ0) is 25.7. The highest BCUT2D eigenvalue weighted by atomic mass is 31.2. The predicted octanol–water partition coefficient (Wildman–Crippen LogP) is 7.88. The molecule has 206 valence electrons. The largest absolute Gasteiger partial charge is 0.475 e. The van der Waals surface area contributed by atoms with E-state index >= 15 is 0 Å². The van der Waals surface area contributed by atoms with E-state index < -0.39 is 20.0 Å². The minimum Gasteiger partial charge on any atom is -0.391 e. The third-order valence-electron chi connectivity index (χ3n) is 6.07. The molecule has 0 saturated heterocycles. The van der Waals surface area contributed by atoms with Crippen molar-refractivity contribution in [3.63, 3.8) is 0 Å². The van der Waals surface area contributed by atoms with Crippen LogP contribution in [-0.2, 0) is 18.1 Å². The van der Waals surface area contributed by atoms with E-state index in [0.717, 1.165) is 36.7 Å². The second kappa shape index (κ2) is 21.1. The number of aliphatic hydroxyl groups is 1. The Balaban J connectivity index is 4.16. The van der Waals surface area contributed by atoms with E-state index in [4.69, 9.17) is 13.6 Å². The van der Waals surface area contributed by atoms with Crippen LogP contribution in [0.3, 0.4) is 0 Å². The van der Waals surface area contributed by atoms with Crippen molar-refractivity contribution in [1.29, 1.82) is 0 Å². The maximum atomic E-state index is 13.2. The van der Waals surface area contributed by atoms with Crippen molar-refractivity contribution in [1.82, 2.24) is 0 Å². The van der Waals surface area contributed by atoms with Gasteiger partial charge in [-0.2, -0.15) is 0 Å². The van der Waals surface area contributed by atoms with E-state index in [0.29, 0.717) is 19.6 Å². The van der Waals surface area contributed by atoms with Crippen molar-refractivity contribution >= 4 is 7.82 Å². The van der Waals surface area contributed by atoms with Gasteiger partial charge in [-0.25, -0.2) is 4.57 Å². The third kappa shape index (κ3) is 21.3. The molecule has 0 saturated carbocycles. The molecular weight excluding hydrogens is 449 g/mol. The van der Waals surface area contributed by atoms with Crippen molar-refractivity contribution in [2.45, 2.75) is 136 Å². The molecule has 0 fully saturated rings. The van der Waals surface area contributed by atoms with Gasteiger partial charge < -0.3 is 9.59 Å². The molecule has 6 nitrogen and oxygen atoms in total. The van der Waals surface area contributed by atoms with E-state index in [1.807, 2.05) is 6.92 Å². The van der Waals surface area contributed by atoms with Crippen LogP contribution in [0.5, 0.6) is 0 Å². The Morgan fingerprint density at radius 2 is 1.18 bits per heavy atom. The van der Waals surface area contributed by atoms with Crippen LogP contribution in [0.4, 0.5) is 0 Å². The summed E-state index contributed by atoms with van der Waals surface area (Å²) in [7, 11) is 2.66. The lowest BCUT2D eigenvalue weighted by Crippen LogP contribution is -2.35. The number of hydrogen-bond acceptors (Lipinski definition) is 5. The van der Waals surface area contributed by atoms with Crippen LogP contribution in [-0.4, -0.2) is 62.7 Å². The first kappa shape index (κ1) is 34.0. The second-order valence-corrected chi connectivity index (χ2v) is 12.5. The first-order chi connectivity index (χ1) is 16.1. The average Bonchev–Trinajstić information content (AvgIpc) is 2.77. The predicted molar refractivity (Wildman–Crippen MR) is 144 cm³/mol. The van der Waals surface area contributed by atoms with Gasteiger partial charge in [-0.05, 0) is 19.8 Å². The zero-order valence-electron chi connectivity index (χ0n) is 23.6. The van der Waals surface area contributed by atoms with Crippen molar-refractivity contribution in [2.75, 3.05) is 40.9 Å². The number of unbranched alkanes of at least 4 members (excludes halogenated alkanes) is 12. The van der Waals surface area contributed by atoms with Gasteiger partial charge in [0.1, 0.15) is 0 Å². The number of nitrogens with zero attached hydrogens (tertiary/aromatic N) is 1. The summed E-state index contributed by atoms with van der Waals surface area (Å²) in [5.41, 5.74) is 0. The summed E-state index contributed by atoms with van der Waals surface area (Å²) >= 11 is 0. The molecule has 0 aromatic heterocycles. The normalized spacial score (nSPS) is 15.9. The lowest BCUT2D eigenvalue weighted by molar-refractivity contribution is -0.870. The fourth-order valence-corrected chi connectivity index (χ4v) is 5.50. The molecule has 0 aromatic rings. The SMILES string of the molecule is CCCCCCCCCCCCCCCC(OP(=O)(OCCC)OCCC[N+](C)(C)C)C(C)O. The molecule has 0 aliphatic heterocycles. The Morgan fingerprint density at radius 1 is 0.706 bits per heavy atom. The van der Waals surface area contributed by atoms with Crippen LogP contribution >= 0.6 is 7.82 Å². The first-order valence-corrected chi connectivity index (χ1v) is 15.7. The molecule has 7 heteroatoms. The molecule has 3 atom stereocenters. The van der Waals surface area contributed by atoms with Crippen LogP contribution in [0, 0.1) is 0 Å². The smallest absolute Gasteiger partial charge is 0.391 e. The van der Waals surface area contributed by atoms with Gasteiger partial charge in [0.05, 0.1) is 53.1 Å². The number of phosphoric acid groups is 1. The Morgan fingerprint density at radius 3 is 1.62 bits per heavy atom. The van der Waals surface area contributed by atoms with Gasteiger partial charge in [0.25, 0.3) is 0 Å². The molecule has 0 radical (unpaired) electrons. The summed E-state index contributed by atoms with van der Waals surface area (Å²) in [6, 6.07) is 0. The van der Waals surface area contributed by atoms with Gasteiger partial charge in [-0.15, -0.1) is 0 Å².